The van der Waals surface area contributed by atoms with E-state index in [0.29, 0.717) is 17.3 Å². The van der Waals surface area contributed by atoms with Gasteiger partial charge in [0.1, 0.15) is 0 Å². The van der Waals surface area contributed by atoms with Crippen LogP contribution in [0, 0.1) is 17.0 Å². The topological polar surface area (TPSA) is 88.3 Å². The summed E-state index contributed by atoms with van der Waals surface area (Å²) in [6.45, 7) is 5.90. The van der Waals surface area contributed by atoms with E-state index >= 15 is 0 Å². The number of aliphatic hydroxyl groups is 1. The molecule has 0 fully saturated rings. The predicted molar refractivity (Wildman–Crippen MR) is 82.5 cm³/mol. The van der Waals surface area contributed by atoms with Crippen molar-refractivity contribution >= 4 is 22.3 Å². The summed E-state index contributed by atoms with van der Waals surface area (Å²) in [5.41, 5.74) is 2.05. The lowest BCUT2D eigenvalue weighted by Crippen LogP contribution is -2.32. The van der Waals surface area contributed by atoms with Crippen molar-refractivity contribution in [2.75, 3.05) is 11.9 Å². The maximum atomic E-state index is 10.9. The van der Waals surface area contributed by atoms with Crippen molar-refractivity contribution in [1.82, 2.24) is 4.98 Å². The first-order valence-corrected chi connectivity index (χ1v) is 6.77. The number of hydrogen-bond acceptors (Lipinski definition) is 5. The van der Waals surface area contributed by atoms with Crippen molar-refractivity contribution in [2.45, 2.75) is 32.7 Å². The van der Waals surface area contributed by atoms with Crippen LogP contribution >= 0.6 is 0 Å². The van der Waals surface area contributed by atoms with Crippen molar-refractivity contribution in [2.24, 2.45) is 0 Å². The number of non-ortho nitro benzene ring substituents is 1. The number of nitrogens with one attached hydrogen (secondary N) is 1. The van der Waals surface area contributed by atoms with Crippen LogP contribution in [0.15, 0.2) is 24.3 Å². The average Bonchev–Trinajstić information content (AvgIpc) is 2.37. The van der Waals surface area contributed by atoms with E-state index in [2.05, 4.69) is 10.3 Å². The highest BCUT2D eigenvalue weighted by Gasteiger charge is 2.19. The van der Waals surface area contributed by atoms with Crippen LogP contribution in [-0.2, 0) is 0 Å². The van der Waals surface area contributed by atoms with Gasteiger partial charge in [-0.3, -0.25) is 15.1 Å². The third kappa shape index (κ3) is 3.46. The Morgan fingerprint density at radius 1 is 1.38 bits per heavy atom. The number of nitro groups is 1. The fourth-order valence-corrected chi connectivity index (χ4v) is 2.27. The van der Waals surface area contributed by atoms with Crippen LogP contribution < -0.4 is 5.32 Å². The smallest absolute Gasteiger partial charge is 0.270 e. The SMILES string of the molecule is Cc1cc(NC(C)(C)CCO)c2cc([N+](=O)[O-])ccc2n1. The van der Waals surface area contributed by atoms with E-state index in [4.69, 9.17) is 5.11 Å². The molecule has 0 radical (unpaired) electrons. The molecule has 0 aliphatic rings. The fourth-order valence-electron chi connectivity index (χ4n) is 2.27. The molecule has 112 valence electrons. The zero-order valence-electron chi connectivity index (χ0n) is 12.4. The summed E-state index contributed by atoms with van der Waals surface area (Å²) < 4.78 is 0. The van der Waals surface area contributed by atoms with Gasteiger partial charge in [0.2, 0.25) is 0 Å². The monoisotopic (exact) mass is 289 g/mol. The molecule has 6 nitrogen and oxygen atoms in total. The third-order valence-corrected chi connectivity index (χ3v) is 3.34. The number of benzene rings is 1. The molecule has 0 amide bonds. The van der Waals surface area contributed by atoms with Crippen LogP contribution in [0.2, 0.25) is 0 Å². The van der Waals surface area contributed by atoms with E-state index in [1.807, 2.05) is 26.8 Å². The van der Waals surface area contributed by atoms with Gasteiger partial charge in [0.25, 0.3) is 5.69 Å². The molecule has 1 heterocycles. The largest absolute Gasteiger partial charge is 0.396 e. The number of aryl methyl sites for hydroxylation is 1. The molecule has 1 aromatic carbocycles. The summed E-state index contributed by atoms with van der Waals surface area (Å²) in [5, 5.41) is 24.1. The lowest BCUT2D eigenvalue weighted by molar-refractivity contribution is -0.384. The highest BCUT2D eigenvalue weighted by Crippen LogP contribution is 2.29. The van der Waals surface area contributed by atoms with Gasteiger partial charge in [0.05, 0.1) is 10.4 Å². The Morgan fingerprint density at radius 3 is 2.71 bits per heavy atom. The summed E-state index contributed by atoms with van der Waals surface area (Å²) in [4.78, 5) is 14.9. The second-order valence-electron chi connectivity index (χ2n) is 5.75. The summed E-state index contributed by atoms with van der Waals surface area (Å²) >= 11 is 0. The van der Waals surface area contributed by atoms with Crippen LogP contribution in [0.5, 0.6) is 0 Å². The minimum Gasteiger partial charge on any atom is -0.396 e. The zero-order chi connectivity index (χ0) is 15.6. The van der Waals surface area contributed by atoms with Crippen LogP contribution in [-0.4, -0.2) is 27.2 Å². The quantitative estimate of drug-likeness (QED) is 0.652. The van der Waals surface area contributed by atoms with Gasteiger partial charge < -0.3 is 10.4 Å². The Bertz CT molecular complexity index is 683. The number of nitro benzene ring substituents is 1. The van der Waals surface area contributed by atoms with E-state index in [9.17, 15) is 10.1 Å². The maximum absolute atomic E-state index is 10.9. The first-order valence-electron chi connectivity index (χ1n) is 6.77. The molecule has 21 heavy (non-hydrogen) atoms. The molecule has 6 heteroatoms. The van der Waals surface area contributed by atoms with Gasteiger partial charge in [-0.2, -0.15) is 0 Å². The van der Waals surface area contributed by atoms with E-state index in [1.54, 1.807) is 6.07 Å². The Morgan fingerprint density at radius 2 is 2.10 bits per heavy atom. The fraction of sp³-hybridized carbons (Fsp3) is 0.400. The number of fused-ring (bicyclic) bond motifs is 1. The molecule has 0 aliphatic heterocycles. The second kappa shape index (κ2) is 5.65. The number of rotatable bonds is 5. The van der Waals surface area contributed by atoms with E-state index in [1.165, 1.54) is 12.1 Å². The molecule has 0 saturated carbocycles. The van der Waals surface area contributed by atoms with E-state index < -0.39 is 4.92 Å². The predicted octanol–water partition coefficient (Wildman–Crippen LogP) is 3.02. The molecule has 0 atom stereocenters. The molecular weight excluding hydrogens is 270 g/mol. The van der Waals surface area contributed by atoms with Crippen molar-refractivity contribution in [3.05, 3.63) is 40.1 Å². The summed E-state index contributed by atoms with van der Waals surface area (Å²) in [5.74, 6) is 0. The van der Waals surface area contributed by atoms with Gasteiger partial charge >= 0.3 is 0 Å². The lowest BCUT2D eigenvalue weighted by atomic mass is 10.00. The number of anilines is 1. The molecule has 0 bridgehead atoms. The standard InChI is InChI=1S/C15H19N3O3/c1-10-8-14(17-15(2,3)6-7-19)12-9-11(18(20)21)4-5-13(12)16-10/h4-5,8-9,19H,6-7H2,1-3H3,(H,16,17). The van der Waals surface area contributed by atoms with Crippen LogP contribution in [0.1, 0.15) is 26.0 Å². The highest BCUT2D eigenvalue weighted by molar-refractivity contribution is 5.93. The Hall–Kier alpha value is -2.21. The maximum Gasteiger partial charge on any atom is 0.270 e. The van der Waals surface area contributed by atoms with Crippen molar-refractivity contribution in [3.63, 3.8) is 0 Å². The Labute approximate surface area is 123 Å². The zero-order valence-corrected chi connectivity index (χ0v) is 12.4. The van der Waals surface area contributed by atoms with Crippen molar-refractivity contribution < 1.29 is 10.0 Å². The molecule has 2 N–H and O–H groups in total. The molecule has 0 saturated heterocycles. The summed E-state index contributed by atoms with van der Waals surface area (Å²) in [6, 6.07) is 6.51. The third-order valence-electron chi connectivity index (χ3n) is 3.34. The normalized spacial score (nSPS) is 11.6. The molecular formula is C15H19N3O3. The van der Waals surface area contributed by atoms with Gasteiger partial charge in [0.15, 0.2) is 0 Å². The molecule has 1 aromatic heterocycles. The number of aliphatic hydroxyl groups excluding tert-OH is 1. The van der Waals surface area contributed by atoms with Gasteiger partial charge in [-0.25, -0.2) is 0 Å². The summed E-state index contributed by atoms with van der Waals surface area (Å²) in [6.07, 6.45) is 0.574. The highest BCUT2D eigenvalue weighted by atomic mass is 16.6. The molecule has 2 aromatic rings. The van der Waals surface area contributed by atoms with E-state index in [0.717, 1.165) is 11.4 Å². The first-order chi connectivity index (χ1) is 9.82. The van der Waals surface area contributed by atoms with Gasteiger partial charge in [-0.05, 0) is 39.3 Å². The number of aromatic nitrogens is 1. The van der Waals surface area contributed by atoms with Crippen molar-refractivity contribution in [3.8, 4) is 0 Å². The van der Waals surface area contributed by atoms with Gasteiger partial charge in [-0.15, -0.1) is 0 Å². The summed E-state index contributed by atoms with van der Waals surface area (Å²) in [7, 11) is 0. The minimum absolute atomic E-state index is 0.0381. The van der Waals surface area contributed by atoms with Crippen LogP contribution in [0.25, 0.3) is 10.9 Å². The number of nitrogens with zero attached hydrogens (tertiary/aromatic N) is 2. The number of pyridine rings is 1. The average molecular weight is 289 g/mol. The molecule has 0 unspecified atom stereocenters. The molecule has 0 aliphatic carbocycles. The Kier molecular flexibility index (Phi) is 4.09. The van der Waals surface area contributed by atoms with Crippen LogP contribution in [0.3, 0.4) is 0 Å². The Balaban J connectivity index is 2.55. The number of hydrogen-bond donors (Lipinski definition) is 2. The van der Waals surface area contributed by atoms with Gasteiger partial charge in [-0.1, -0.05) is 0 Å². The molecule has 2 rings (SSSR count). The minimum atomic E-state index is -0.415. The van der Waals surface area contributed by atoms with Gasteiger partial charge in [0, 0.05) is 41.0 Å². The molecule has 0 spiro atoms. The second-order valence-corrected chi connectivity index (χ2v) is 5.75. The van der Waals surface area contributed by atoms with Crippen LogP contribution in [0.4, 0.5) is 11.4 Å². The lowest BCUT2D eigenvalue weighted by Gasteiger charge is -2.27. The van der Waals surface area contributed by atoms with Crippen molar-refractivity contribution in [1.29, 1.82) is 0 Å². The van der Waals surface area contributed by atoms with E-state index in [-0.39, 0.29) is 17.8 Å². The first kappa shape index (κ1) is 15.2.